The number of hydrogen-bond donors (Lipinski definition) is 2. The molecule has 27 heavy (non-hydrogen) atoms. The number of hydrogen-bond acceptors (Lipinski definition) is 5. The van der Waals surface area contributed by atoms with Crippen molar-refractivity contribution in [1.82, 2.24) is 14.9 Å². The quantitative estimate of drug-likeness (QED) is 0.497. The van der Waals surface area contributed by atoms with Crippen LogP contribution in [-0.4, -0.2) is 26.0 Å². The van der Waals surface area contributed by atoms with Crippen LogP contribution in [0.2, 0.25) is 5.02 Å². The van der Waals surface area contributed by atoms with Gasteiger partial charge in [-0.2, -0.15) is 0 Å². The average molecular weight is 406 g/mol. The smallest absolute Gasteiger partial charge is 0.237 e. The number of anilines is 1. The minimum Gasteiger partial charge on any atom is -0.335 e. The van der Waals surface area contributed by atoms with E-state index in [1.54, 1.807) is 31.2 Å². The first-order chi connectivity index (χ1) is 12.8. The average Bonchev–Trinajstić information content (AvgIpc) is 2.99. The van der Waals surface area contributed by atoms with E-state index >= 15 is 0 Å². The zero-order valence-corrected chi connectivity index (χ0v) is 16.2. The number of thioether (sulfide) groups is 1. The van der Waals surface area contributed by atoms with Crippen LogP contribution in [0.5, 0.6) is 0 Å². The summed E-state index contributed by atoms with van der Waals surface area (Å²) in [5, 5.41) is 11.4. The fraction of sp³-hybridized carbons (Fsp3) is 0.167. The molecule has 1 aromatic heterocycles. The highest BCUT2D eigenvalue weighted by atomic mass is 35.5. The van der Waals surface area contributed by atoms with Crippen molar-refractivity contribution in [3.8, 4) is 11.4 Å². The zero-order chi connectivity index (χ0) is 19.6. The van der Waals surface area contributed by atoms with Crippen LogP contribution in [0.3, 0.4) is 0 Å². The van der Waals surface area contributed by atoms with Crippen LogP contribution >= 0.6 is 23.4 Å². The summed E-state index contributed by atoms with van der Waals surface area (Å²) in [6, 6.07) is 11.1. The van der Waals surface area contributed by atoms with Gasteiger partial charge in [-0.3, -0.25) is 4.79 Å². The molecule has 3 rings (SSSR count). The Labute approximate surface area is 164 Å². The van der Waals surface area contributed by atoms with Gasteiger partial charge in [-0.15, -0.1) is 10.2 Å². The van der Waals surface area contributed by atoms with Gasteiger partial charge in [-0.05, 0) is 55.8 Å². The number of nitrogens with zero attached hydrogens (tertiary/aromatic N) is 3. The first-order valence-corrected chi connectivity index (χ1v) is 9.31. The second kappa shape index (κ2) is 7.98. The Balaban J connectivity index is 1.72. The van der Waals surface area contributed by atoms with Crippen molar-refractivity contribution in [2.45, 2.75) is 24.3 Å². The monoisotopic (exact) mass is 405 g/mol. The van der Waals surface area contributed by atoms with Crippen LogP contribution in [0, 0.1) is 12.7 Å². The van der Waals surface area contributed by atoms with Gasteiger partial charge in [0.25, 0.3) is 0 Å². The van der Waals surface area contributed by atoms with Crippen molar-refractivity contribution in [1.29, 1.82) is 0 Å². The molecule has 0 aliphatic carbocycles. The maximum Gasteiger partial charge on any atom is 0.237 e. The standard InChI is InChI=1S/C18H17ClFN5OS/c1-10-3-6-13(19)9-15(10)22-17(26)11(2)27-18-24-23-16(25(18)21)12-4-7-14(20)8-5-12/h3-9,11H,21H2,1-2H3,(H,22,26)/t11-/m1/s1. The van der Waals surface area contributed by atoms with E-state index in [2.05, 4.69) is 15.5 Å². The lowest BCUT2D eigenvalue weighted by Gasteiger charge is -2.13. The van der Waals surface area contributed by atoms with Crippen LogP contribution in [0.4, 0.5) is 10.1 Å². The number of aromatic nitrogens is 3. The molecule has 3 aromatic rings. The van der Waals surface area contributed by atoms with Gasteiger partial charge in [0, 0.05) is 16.3 Å². The molecule has 2 aromatic carbocycles. The van der Waals surface area contributed by atoms with Crippen molar-refractivity contribution >= 4 is 35.0 Å². The molecule has 0 radical (unpaired) electrons. The topological polar surface area (TPSA) is 85.8 Å². The van der Waals surface area contributed by atoms with Crippen LogP contribution in [0.15, 0.2) is 47.6 Å². The Hall–Kier alpha value is -2.58. The largest absolute Gasteiger partial charge is 0.335 e. The van der Waals surface area contributed by atoms with E-state index in [9.17, 15) is 9.18 Å². The lowest BCUT2D eigenvalue weighted by molar-refractivity contribution is -0.115. The van der Waals surface area contributed by atoms with E-state index in [1.807, 2.05) is 13.0 Å². The molecule has 0 saturated heterocycles. The van der Waals surface area contributed by atoms with Gasteiger partial charge in [-0.1, -0.05) is 29.4 Å². The third kappa shape index (κ3) is 4.40. The highest BCUT2D eigenvalue weighted by molar-refractivity contribution is 8.00. The van der Waals surface area contributed by atoms with E-state index in [0.717, 1.165) is 5.56 Å². The molecule has 3 N–H and O–H groups in total. The van der Waals surface area contributed by atoms with Gasteiger partial charge < -0.3 is 11.2 Å². The number of rotatable bonds is 5. The van der Waals surface area contributed by atoms with Gasteiger partial charge in [0.1, 0.15) is 5.82 Å². The SMILES string of the molecule is Cc1ccc(Cl)cc1NC(=O)[C@@H](C)Sc1nnc(-c2ccc(F)cc2)n1N. The van der Waals surface area contributed by atoms with Gasteiger partial charge >= 0.3 is 0 Å². The van der Waals surface area contributed by atoms with Crippen molar-refractivity contribution in [2.75, 3.05) is 11.2 Å². The lowest BCUT2D eigenvalue weighted by Crippen LogP contribution is -2.24. The van der Waals surface area contributed by atoms with Crippen LogP contribution in [0.1, 0.15) is 12.5 Å². The predicted octanol–water partition coefficient (Wildman–Crippen LogP) is 3.88. The summed E-state index contributed by atoms with van der Waals surface area (Å²) in [6.07, 6.45) is 0. The third-order valence-electron chi connectivity index (χ3n) is 3.88. The fourth-order valence-electron chi connectivity index (χ4n) is 2.33. The summed E-state index contributed by atoms with van der Waals surface area (Å²) in [5.41, 5.74) is 2.19. The summed E-state index contributed by atoms with van der Waals surface area (Å²) in [6.45, 7) is 3.63. The van der Waals surface area contributed by atoms with Gasteiger partial charge in [0.05, 0.1) is 5.25 Å². The number of nitrogens with two attached hydrogens (primary N) is 1. The summed E-state index contributed by atoms with van der Waals surface area (Å²) in [4.78, 5) is 12.5. The van der Waals surface area contributed by atoms with E-state index in [0.29, 0.717) is 27.3 Å². The molecular weight excluding hydrogens is 389 g/mol. The number of amides is 1. The molecule has 6 nitrogen and oxygen atoms in total. The maximum atomic E-state index is 13.1. The minimum atomic E-state index is -0.476. The Kier molecular flexibility index (Phi) is 5.67. The molecule has 9 heteroatoms. The molecule has 0 fully saturated rings. The lowest BCUT2D eigenvalue weighted by atomic mass is 10.2. The second-order valence-electron chi connectivity index (χ2n) is 5.89. The summed E-state index contributed by atoms with van der Waals surface area (Å²) in [7, 11) is 0. The van der Waals surface area contributed by atoms with Crippen molar-refractivity contribution < 1.29 is 9.18 Å². The molecule has 0 aliphatic rings. The molecule has 1 heterocycles. The van der Waals surface area contributed by atoms with Crippen molar-refractivity contribution in [2.24, 2.45) is 0 Å². The Morgan fingerprint density at radius 3 is 2.67 bits per heavy atom. The first kappa shape index (κ1) is 19.2. The van der Waals surface area contributed by atoms with Gasteiger partial charge in [0.2, 0.25) is 11.1 Å². The Morgan fingerprint density at radius 2 is 1.96 bits per heavy atom. The summed E-state index contributed by atoms with van der Waals surface area (Å²) >= 11 is 7.15. The number of aryl methyl sites for hydroxylation is 1. The number of halogens is 2. The highest BCUT2D eigenvalue weighted by Crippen LogP contribution is 2.26. The normalized spacial score (nSPS) is 12.0. The van der Waals surface area contributed by atoms with Gasteiger partial charge in [-0.25, -0.2) is 9.07 Å². The van der Waals surface area contributed by atoms with E-state index < -0.39 is 5.25 Å². The number of nitrogen functional groups attached to an aromatic ring is 1. The van der Waals surface area contributed by atoms with E-state index in [4.69, 9.17) is 17.4 Å². The van der Waals surface area contributed by atoms with Gasteiger partial charge in [0.15, 0.2) is 5.82 Å². The fourth-order valence-corrected chi connectivity index (χ4v) is 3.27. The summed E-state index contributed by atoms with van der Waals surface area (Å²) < 4.78 is 14.4. The van der Waals surface area contributed by atoms with E-state index in [1.165, 1.54) is 28.6 Å². The molecule has 0 aliphatic heterocycles. The predicted molar refractivity (Wildman–Crippen MR) is 106 cm³/mol. The molecular formula is C18H17ClFN5OS. The summed E-state index contributed by atoms with van der Waals surface area (Å²) in [5.74, 6) is 5.87. The molecule has 0 bridgehead atoms. The Morgan fingerprint density at radius 1 is 1.26 bits per heavy atom. The number of benzene rings is 2. The molecule has 0 saturated carbocycles. The molecule has 1 amide bonds. The van der Waals surface area contributed by atoms with Crippen LogP contribution in [0.25, 0.3) is 11.4 Å². The minimum absolute atomic E-state index is 0.211. The van der Waals surface area contributed by atoms with E-state index in [-0.39, 0.29) is 11.7 Å². The molecule has 140 valence electrons. The third-order valence-corrected chi connectivity index (χ3v) is 5.17. The second-order valence-corrected chi connectivity index (χ2v) is 7.64. The van der Waals surface area contributed by atoms with Crippen molar-refractivity contribution in [3.63, 3.8) is 0 Å². The number of nitrogens with one attached hydrogen (secondary N) is 1. The molecule has 0 unspecified atom stereocenters. The maximum absolute atomic E-state index is 13.1. The molecule has 1 atom stereocenters. The number of carbonyl (C=O) groups is 1. The van der Waals surface area contributed by atoms with Crippen LogP contribution < -0.4 is 11.2 Å². The van der Waals surface area contributed by atoms with Crippen molar-refractivity contribution in [3.05, 3.63) is 58.9 Å². The first-order valence-electron chi connectivity index (χ1n) is 8.05. The molecule has 0 spiro atoms. The number of carbonyl (C=O) groups excluding carboxylic acids is 1. The highest BCUT2D eigenvalue weighted by Gasteiger charge is 2.20. The van der Waals surface area contributed by atoms with Crippen LogP contribution in [-0.2, 0) is 4.79 Å². The Bertz CT molecular complexity index is 976. The zero-order valence-electron chi connectivity index (χ0n) is 14.6.